The molecule has 0 aliphatic heterocycles. The van der Waals surface area contributed by atoms with E-state index in [9.17, 15) is 13.2 Å². The van der Waals surface area contributed by atoms with Gasteiger partial charge in [-0.15, -0.1) is 0 Å². The van der Waals surface area contributed by atoms with Crippen LogP contribution in [0.15, 0.2) is 24.3 Å². The summed E-state index contributed by atoms with van der Waals surface area (Å²) in [5, 5.41) is 0.882. The van der Waals surface area contributed by atoms with Gasteiger partial charge in [0.05, 0.1) is 18.4 Å². The zero-order chi connectivity index (χ0) is 19.6. The standard InChI is InChI=1S/C19H25NO6S/c1-4-24-19(21)16-10-15-6-5-7-17(18(15)20(16)11-14-8-9-14)25-12-13(2)26-27(3,22)23/h5-7,10,13-14H,4,8-9,11-12H2,1-3H3/t13-/m1/s1. The van der Waals surface area contributed by atoms with Crippen molar-refractivity contribution in [1.29, 1.82) is 0 Å². The number of carbonyl (C=O) groups is 1. The monoisotopic (exact) mass is 395 g/mol. The number of ether oxygens (including phenoxy) is 2. The number of nitrogens with zero attached hydrogens (tertiary/aromatic N) is 1. The summed E-state index contributed by atoms with van der Waals surface area (Å²) in [6.07, 6.45) is 2.68. The van der Waals surface area contributed by atoms with Crippen LogP contribution in [0.5, 0.6) is 5.75 Å². The fraction of sp³-hybridized carbons (Fsp3) is 0.526. The minimum absolute atomic E-state index is 0.0789. The number of fused-ring (bicyclic) bond motifs is 1. The van der Waals surface area contributed by atoms with Crippen LogP contribution in [0, 0.1) is 5.92 Å². The Labute approximate surface area is 159 Å². The van der Waals surface area contributed by atoms with Crippen molar-refractivity contribution < 1.29 is 26.9 Å². The molecule has 0 spiro atoms. The fourth-order valence-electron chi connectivity index (χ4n) is 3.06. The molecule has 1 heterocycles. The summed E-state index contributed by atoms with van der Waals surface area (Å²) in [5.74, 6) is 0.788. The van der Waals surface area contributed by atoms with Crippen molar-refractivity contribution in [2.45, 2.75) is 39.3 Å². The van der Waals surface area contributed by atoms with Crippen LogP contribution in [0.4, 0.5) is 0 Å². The first-order chi connectivity index (χ1) is 12.8. The zero-order valence-corrected chi connectivity index (χ0v) is 16.6. The molecule has 1 aromatic heterocycles. The van der Waals surface area contributed by atoms with E-state index in [2.05, 4.69) is 0 Å². The van der Waals surface area contributed by atoms with Crippen LogP contribution in [0.25, 0.3) is 10.9 Å². The predicted octanol–water partition coefficient (Wildman–Crippen LogP) is 2.97. The van der Waals surface area contributed by atoms with Crippen molar-refractivity contribution in [2.24, 2.45) is 5.92 Å². The molecule has 0 radical (unpaired) electrons. The van der Waals surface area contributed by atoms with Gasteiger partial charge in [-0.2, -0.15) is 8.42 Å². The van der Waals surface area contributed by atoms with E-state index in [0.29, 0.717) is 24.0 Å². The molecule has 1 atom stereocenters. The van der Waals surface area contributed by atoms with E-state index >= 15 is 0 Å². The molecule has 0 N–H and O–H groups in total. The molecule has 1 aliphatic carbocycles. The van der Waals surface area contributed by atoms with Gasteiger partial charge in [-0.3, -0.25) is 4.18 Å². The van der Waals surface area contributed by atoms with Crippen molar-refractivity contribution in [2.75, 3.05) is 19.5 Å². The van der Waals surface area contributed by atoms with Crippen LogP contribution in [0.2, 0.25) is 0 Å². The molecule has 8 heteroatoms. The molecule has 2 aromatic rings. The highest BCUT2D eigenvalue weighted by Crippen LogP contribution is 2.36. The lowest BCUT2D eigenvalue weighted by Crippen LogP contribution is -2.21. The Hall–Kier alpha value is -2.06. The van der Waals surface area contributed by atoms with Crippen LogP contribution in [0.1, 0.15) is 37.2 Å². The zero-order valence-electron chi connectivity index (χ0n) is 15.8. The molecule has 0 saturated heterocycles. The third-order valence-corrected chi connectivity index (χ3v) is 5.00. The maximum absolute atomic E-state index is 12.4. The third-order valence-electron chi connectivity index (χ3n) is 4.32. The van der Waals surface area contributed by atoms with Gasteiger partial charge in [-0.25, -0.2) is 4.79 Å². The molecule has 0 amide bonds. The number of esters is 1. The largest absolute Gasteiger partial charge is 0.489 e. The Morgan fingerprint density at radius 1 is 1.33 bits per heavy atom. The number of hydrogen-bond donors (Lipinski definition) is 0. The summed E-state index contributed by atoms with van der Waals surface area (Å²) in [4.78, 5) is 12.4. The molecule has 7 nitrogen and oxygen atoms in total. The van der Waals surface area contributed by atoms with Gasteiger partial charge in [0.15, 0.2) is 0 Å². The average Bonchev–Trinajstić information content (AvgIpc) is 3.31. The van der Waals surface area contributed by atoms with Crippen LogP contribution in [-0.4, -0.2) is 44.5 Å². The van der Waals surface area contributed by atoms with Crippen molar-refractivity contribution in [3.63, 3.8) is 0 Å². The molecule has 1 saturated carbocycles. The average molecular weight is 395 g/mol. The number of carbonyl (C=O) groups excluding carboxylic acids is 1. The second kappa shape index (κ2) is 7.90. The summed E-state index contributed by atoms with van der Waals surface area (Å²) in [7, 11) is -3.55. The summed E-state index contributed by atoms with van der Waals surface area (Å²) in [5.41, 5.74) is 1.33. The number of benzene rings is 1. The maximum Gasteiger partial charge on any atom is 0.354 e. The Bertz CT molecular complexity index is 929. The second-order valence-corrected chi connectivity index (χ2v) is 8.52. The quantitative estimate of drug-likeness (QED) is 0.479. The van der Waals surface area contributed by atoms with Gasteiger partial charge < -0.3 is 14.0 Å². The second-order valence-electron chi connectivity index (χ2n) is 6.92. The molecule has 1 fully saturated rings. The van der Waals surface area contributed by atoms with Crippen LogP contribution < -0.4 is 4.74 Å². The molecular formula is C19H25NO6S. The summed E-state index contributed by atoms with van der Waals surface area (Å²) in [6, 6.07) is 7.40. The lowest BCUT2D eigenvalue weighted by Gasteiger charge is -2.15. The number of rotatable bonds is 9. The van der Waals surface area contributed by atoms with Crippen LogP contribution in [-0.2, 0) is 25.6 Å². The normalized spacial score (nSPS) is 15.7. The van der Waals surface area contributed by atoms with Gasteiger partial charge in [0.1, 0.15) is 24.2 Å². The fourth-order valence-corrected chi connectivity index (χ4v) is 3.71. The van der Waals surface area contributed by atoms with Crippen molar-refractivity contribution in [3.05, 3.63) is 30.0 Å². The topological polar surface area (TPSA) is 83.8 Å². The Balaban J connectivity index is 1.92. The Morgan fingerprint density at radius 3 is 2.70 bits per heavy atom. The van der Waals surface area contributed by atoms with E-state index in [4.69, 9.17) is 13.7 Å². The summed E-state index contributed by atoms with van der Waals surface area (Å²) >= 11 is 0. The summed E-state index contributed by atoms with van der Waals surface area (Å²) in [6.45, 7) is 4.54. The maximum atomic E-state index is 12.4. The SMILES string of the molecule is CCOC(=O)c1cc2cccc(OC[C@@H](C)OS(C)(=O)=O)c2n1CC1CC1. The van der Waals surface area contributed by atoms with E-state index in [-0.39, 0.29) is 12.6 Å². The number of para-hydroxylation sites is 1. The predicted molar refractivity (Wildman–Crippen MR) is 102 cm³/mol. The van der Waals surface area contributed by atoms with E-state index < -0.39 is 16.2 Å². The molecule has 148 valence electrons. The van der Waals surface area contributed by atoms with Gasteiger partial charge in [0.2, 0.25) is 0 Å². The molecular weight excluding hydrogens is 370 g/mol. The first-order valence-electron chi connectivity index (χ1n) is 9.09. The van der Waals surface area contributed by atoms with Gasteiger partial charge in [-0.1, -0.05) is 12.1 Å². The minimum atomic E-state index is -3.55. The van der Waals surface area contributed by atoms with E-state index in [1.165, 1.54) is 0 Å². The van der Waals surface area contributed by atoms with E-state index in [1.54, 1.807) is 13.8 Å². The Kier molecular flexibility index (Phi) is 5.76. The molecule has 1 aliphatic rings. The van der Waals surface area contributed by atoms with Gasteiger partial charge in [0.25, 0.3) is 10.1 Å². The highest BCUT2D eigenvalue weighted by atomic mass is 32.2. The molecule has 0 bridgehead atoms. The molecule has 0 unspecified atom stereocenters. The molecule has 1 aromatic carbocycles. The van der Waals surface area contributed by atoms with Gasteiger partial charge in [-0.05, 0) is 44.7 Å². The first kappa shape index (κ1) is 19.7. The summed E-state index contributed by atoms with van der Waals surface area (Å²) < 4.78 is 40.5. The van der Waals surface area contributed by atoms with E-state index in [0.717, 1.165) is 36.5 Å². The van der Waals surface area contributed by atoms with Crippen molar-refractivity contribution >= 4 is 27.0 Å². The highest BCUT2D eigenvalue weighted by molar-refractivity contribution is 7.86. The number of hydrogen-bond acceptors (Lipinski definition) is 6. The van der Waals surface area contributed by atoms with E-state index in [1.807, 2.05) is 28.8 Å². The first-order valence-corrected chi connectivity index (χ1v) is 10.9. The van der Waals surface area contributed by atoms with Crippen molar-refractivity contribution in [1.82, 2.24) is 4.57 Å². The van der Waals surface area contributed by atoms with Gasteiger partial charge >= 0.3 is 5.97 Å². The smallest absolute Gasteiger partial charge is 0.354 e. The number of aromatic nitrogens is 1. The molecule has 27 heavy (non-hydrogen) atoms. The molecule has 3 rings (SSSR count). The minimum Gasteiger partial charge on any atom is -0.489 e. The lowest BCUT2D eigenvalue weighted by molar-refractivity contribution is 0.0514. The van der Waals surface area contributed by atoms with Crippen LogP contribution in [0.3, 0.4) is 0 Å². The third kappa shape index (κ3) is 5.01. The lowest BCUT2D eigenvalue weighted by atomic mass is 10.2. The Morgan fingerprint density at radius 2 is 2.07 bits per heavy atom. The van der Waals surface area contributed by atoms with Crippen LogP contribution >= 0.6 is 0 Å². The van der Waals surface area contributed by atoms with Crippen molar-refractivity contribution in [3.8, 4) is 5.75 Å². The van der Waals surface area contributed by atoms with Gasteiger partial charge in [0, 0.05) is 11.9 Å². The highest BCUT2D eigenvalue weighted by Gasteiger charge is 2.27.